The quantitative estimate of drug-likeness (QED) is 0.816. The van der Waals surface area contributed by atoms with Crippen LogP contribution in [-0.4, -0.2) is 25.3 Å². The highest BCUT2D eigenvalue weighted by molar-refractivity contribution is 9.10. The van der Waals surface area contributed by atoms with E-state index in [2.05, 4.69) is 15.9 Å². The van der Waals surface area contributed by atoms with E-state index in [0.717, 1.165) is 18.9 Å². The zero-order valence-electron chi connectivity index (χ0n) is 10.9. The normalized spacial score (nSPS) is 16.3. The Balaban J connectivity index is 2.34. The smallest absolute Gasteiger partial charge is 0.207 e. The van der Waals surface area contributed by atoms with E-state index in [9.17, 15) is 12.8 Å². The van der Waals surface area contributed by atoms with Gasteiger partial charge in [-0.05, 0) is 66.7 Å². The van der Waals surface area contributed by atoms with Gasteiger partial charge in [-0.25, -0.2) is 12.8 Å². The van der Waals surface area contributed by atoms with Gasteiger partial charge in [-0.15, -0.1) is 0 Å². The molecule has 2 rings (SSSR count). The Morgan fingerprint density at radius 2 is 2.05 bits per heavy atom. The van der Waals surface area contributed by atoms with Crippen LogP contribution in [0, 0.1) is 11.7 Å². The van der Waals surface area contributed by atoms with E-state index in [-0.39, 0.29) is 15.4 Å². The minimum atomic E-state index is -3.62. The third-order valence-corrected chi connectivity index (χ3v) is 5.89. The maximum atomic E-state index is 13.5. The van der Waals surface area contributed by atoms with Crippen LogP contribution < -0.4 is 0 Å². The van der Waals surface area contributed by atoms with E-state index in [4.69, 9.17) is 0 Å². The number of halogens is 2. The highest BCUT2D eigenvalue weighted by Gasteiger charge is 2.33. The van der Waals surface area contributed by atoms with Crippen molar-refractivity contribution in [2.75, 3.05) is 6.54 Å². The second kappa shape index (κ2) is 5.50. The van der Waals surface area contributed by atoms with Gasteiger partial charge in [0.1, 0.15) is 5.82 Å². The van der Waals surface area contributed by atoms with Crippen LogP contribution in [0.5, 0.6) is 0 Å². The van der Waals surface area contributed by atoms with Gasteiger partial charge in [0.25, 0.3) is 0 Å². The van der Waals surface area contributed by atoms with Gasteiger partial charge >= 0.3 is 0 Å². The number of hydrogen-bond donors (Lipinski definition) is 0. The fourth-order valence-electron chi connectivity index (χ4n) is 1.91. The molecule has 0 bridgehead atoms. The fraction of sp³-hybridized carbons (Fsp3) is 0.538. The van der Waals surface area contributed by atoms with E-state index in [0.29, 0.717) is 12.5 Å². The lowest BCUT2D eigenvalue weighted by Crippen LogP contribution is -2.38. The third-order valence-electron chi connectivity index (χ3n) is 3.21. The molecule has 3 nitrogen and oxygen atoms in total. The maximum Gasteiger partial charge on any atom is 0.243 e. The Bertz CT molecular complexity index is 570. The highest BCUT2D eigenvalue weighted by Crippen LogP contribution is 2.33. The summed E-state index contributed by atoms with van der Waals surface area (Å²) in [5.41, 5.74) is 0. The molecule has 1 aliphatic carbocycles. The second-order valence-electron chi connectivity index (χ2n) is 5.19. The van der Waals surface area contributed by atoms with Gasteiger partial charge in [0.2, 0.25) is 10.0 Å². The molecule has 1 aromatic carbocycles. The van der Waals surface area contributed by atoms with Crippen LogP contribution >= 0.6 is 15.9 Å². The summed E-state index contributed by atoms with van der Waals surface area (Å²) in [6.07, 6.45) is 2.15. The second-order valence-corrected chi connectivity index (χ2v) is 7.93. The summed E-state index contributed by atoms with van der Waals surface area (Å²) >= 11 is 3.03. The maximum absolute atomic E-state index is 13.5. The first kappa shape index (κ1) is 14.9. The van der Waals surface area contributed by atoms with Crippen molar-refractivity contribution in [3.63, 3.8) is 0 Å². The molecule has 0 aliphatic heterocycles. The van der Waals surface area contributed by atoms with Crippen LogP contribution in [0.3, 0.4) is 0 Å². The van der Waals surface area contributed by atoms with E-state index >= 15 is 0 Å². The number of nitrogens with zero attached hydrogens (tertiary/aromatic N) is 1. The van der Waals surface area contributed by atoms with Gasteiger partial charge in [-0.2, -0.15) is 4.31 Å². The SMILES string of the molecule is CC(C)N(CC1CC1)S(=O)(=O)c1ccc(Br)c(F)c1. The molecule has 0 N–H and O–H groups in total. The first-order valence-corrected chi connectivity index (χ1v) is 8.52. The van der Waals surface area contributed by atoms with Crippen molar-refractivity contribution in [2.24, 2.45) is 5.92 Å². The summed E-state index contributed by atoms with van der Waals surface area (Å²) in [5, 5.41) is 0. The van der Waals surface area contributed by atoms with Gasteiger partial charge in [0.15, 0.2) is 0 Å². The Morgan fingerprint density at radius 3 is 2.53 bits per heavy atom. The first-order valence-electron chi connectivity index (χ1n) is 6.29. The van der Waals surface area contributed by atoms with Gasteiger partial charge in [-0.3, -0.25) is 0 Å². The predicted molar refractivity (Wildman–Crippen MR) is 75.9 cm³/mol. The Hall–Kier alpha value is -0.460. The fourth-order valence-corrected chi connectivity index (χ4v) is 3.89. The Morgan fingerprint density at radius 1 is 1.42 bits per heavy atom. The molecule has 0 unspecified atom stereocenters. The van der Waals surface area contributed by atoms with Crippen molar-refractivity contribution in [1.82, 2.24) is 4.31 Å². The van der Waals surface area contributed by atoms with Crippen LogP contribution in [0.4, 0.5) is 4.39 Å². The van der Waals surface area contributed by atoms with E-state index in [1.807, 2.05) is 13.8 Å². The molecule has 6 heteroatoms. The van der Waals surface area contributed by atoms with E-state index in [1.165, 1.54) is 16.4 Å². The van der Waals surface area contributed by atoms with E-state index in [1.54, 1.807) is 0 Å². The number of sulfonamides is 1. The average Bonchev–Trinajstić information content (AvgIpc) is 3.12. The highest BCUT2D eigenvalue weighted by atomic mass is 79.9. The van der Waals surface area contributed by atoms with Crippen molar-refractivity contribution >= 4 is 26.0 Å². The zero-order valence-corrected chi connectivity index (χ0v) is 13.3. The lowest BCUT2D eigenvalue weighted by molar-refractivity contribution is 0.341. The summed E-state index contributed by atoms with van der Waals surface area (Å²) in [5.74, 6) is -0.103. The van der Waals surface area contributed by atoms with Crippen molar-refractivity contribution in [3.8, 4) is 0 Å². The molecule has 1 saturated carbocycles. The van der Waals surface area contributed by atoms with Gasteiger partial charge < -0.3 is 0 Å². The third kappa shape index (κ3) is 3.35. The summed E-state index contributed by atoms with van der Waals surface area (Å²) < 4.78 is 40.3. The molecule has 0 atom stereocenters. The molecule has 0 heterocycles. The molecule has 0 saturated heterocycles. The van der Waals surface area contributed by atoms with Crippen molar-refractivity contribution in [3.05, 3.63) is 28.5 Å². The van der Waals surface area contributed by atoms with Gasteiger partial charge in [0, 0.05) is 12.6 Å². The van der Waals surface area contributed by atoms with Gasteiger partial charge in [0.05, 0.1) is 9.37 Å². The number of benzene rings is 1. The topological polar surface area (TPSA) is 37.4 Å². The molecular formula is C13H17BrFNO2S. The average molecular weight is 350 g/mol. The molecule has 0 radical (unpaired) electrons. The standard InChI is InChI=1S/C13H17BrFNO2S/c1-9(2)16(8-10-3-4-10)19(17,18)11-5-6-12(14)13(15)7-11/h5-7,9-10H,3-4,8H2,1-2H3. The first-order chi connectivity index (χ1) is 8.82. The van der Waals surface area contributed by atoms with E-state index < -0.39 is 15.8 Å². The molecule has 0 spiro atoms. The zero-order chi connectivity index (χ0) is 14.2. The van der Waals surface area contributed by atoms with Crippen LogP contribution in [-0.2, 0) is 10.0 Å². The minimum absolute atomic E-state index is 0.0163. The largest absolute Gasteiger partial charge is 0.243 e. The molecule has 19 heavy (non-hydrogen) atoms. The van der Waals surface area contributed by atoms with Crippen molar-refractivity contribution in [2.45, 2.75) is 37.6 Å². The molecule has 1 fully saturated rings. The summed E-state index contributed by atoms with van der Waals surface area (Å²) in [6.45, 7) is 4.21. The molecule has 0 aromatic heterocycles. The molecule has 1 aliphatic rings. The Labute approximate surface area is 122 Å². The van der Waals surface area contributed by atoms with Crippen LogP contribution in [0.25, 0.3) is 0 Å². The summed E-state index contributed by atoms with van der Waals surface area (Å²) in [6, 6.07) is 3.81. The summed E-state index contributed by atoms with van der Waals surface area (Å²) in [4.78, 5) is 0.0163. The van der Waals surface area contributed by atoms with Crippen LogP contribution in [0.1, 0.15) is 26.7 Å². The molecule has 1 aromatic rings. The lowest BCUT2D eigenvalue weighted by atomic mass is 10.3. The summed E-state index contributed by atoms with van der Waals surface area (Å²) in [7, 11) is -3.62. The molecule has 0 amide bonds. The predicted octanol–water partition coefficient (Wildman–Crippen LogP) is 3.40. The number of rotatable bonds is 5. The lowest BCUT2D eigenvalue weighted by Gasteiger charge is -2.26. The number of hydrogen-bond acceptors (Lipinski definition) is 2. The molecule has 106 valence electrons. The van der Waals surface area contributed by atoms with Gasteiger partial charge in [-0.1, -0.05) is 0 Å². The van der Waals surface area contributed by atoms with Crippen LogP contribution in [0.15, 0.2) is 27.6 Å². The van der Waals surface area contributed by atoms with Crippen molar-refractivity contribution < 1.29 is 12.8 Å². The minimum Gasteiger partial charge on any atom is -0.207 e. The van der Waals surface area contributed by atoms with Crippen molar-refractivity contribution in [1.29, 1.82) is 0 Å². The Kier molecular flexibility index (Phi) is 4.32. The van der Waals surface area contributed by atoms with Crippen LogP contribution in [0.2, 0.25) is 0 Å². The monoisotopic (exact) mass is 349 g/mol. The molecular weight excluding hydrogens is 333 g/mol.